The summed E-state index contributed by atoms with van der Waals surface area (Å²) in [6, 6.07) is 5.75. The number of amides is 2. The first-order chi connectivity index (χ1) is 11.5. The van der Waals surface area contributed by atoms with Gasteiger partial charge in [-0.3, -0.25) is 9.59 Å². The Morgan fingerprint density at radius 3 is 2.29 bits per heavy atom. The lowest BCUT2D eigenvalue weighted by molar-refractivity contribution is -0.146. The summed E-state index contributed by atoms with van der Waals surface area (Å²) in [6.45, 7) is -0.0584. The Morgan fingerprint density at radius 2 is 1.71 bits per heavy atom. The van der Waals surface area contributed by atoms with Crippen molar-refractivity contribution in [2.75, 3.05) is 11.9 Å². The number of halogens is 1. The molecule has 1 aromatic rings. The van der Waals surface area contributed by atoms with Crippen LogP contribution in [0, 0.1) is 29.0 Å². The summed E-state index contributed by atoms with van der Waals surface area (Å²) in [5, 5.41) is 5.45. The van der Waals surface area contributed by atoms with Gasteiger partial charge in [0.15, 0.2) is 0 Å². The molecule has 4 fully saturated rings. The molecule has 128 valence electrons. The molecule has 2 N–H and O–H groups in total. The number of nitrogens with one attached hydrogen (secondary N) is 2. The van der Waals surface area contributed by atoms with Crippen LogP contribution in [0.3, 0.4) is 0 Å². The van der Waals surface area contributed by atoms with Crippen molar-refractivity contribution in [3.63, 3.8) is 0 Å². The van der Waals surface area contributed by atoms with Gasteiger partial charge in [-0.1, -0.05) is 6.07 Å². The number of benzene rings is 1. The smallest absolute Gasteiger partial charge is 0.243 e. The van der Waals surface area contributed by atoms with E-state index in [0.717, 1.165) is 19.3 Å². The third-order valence-electron chi connectivity index (χ3n) is 6.04. The van der Waals surface area contributed by atoms with Crippen LogP contribution in [0.4, 0.5) is 10.1 Å². The second-order valence-electron chi connectivity index (χ2n) is 7.94. The summed E-state index contributed by atoms with van der Waals surface area (Å²) in [5.74, 6) is 1.41. The molecule has 0 unspecified atom stereocenters. The number of anilines is 1. The lowest BCUT2D eigenvalue weighted by Gasteiger charge is -2.55. The number of hydrogen-bond donors (Lipinski definition) is 2. The zero-order valence-electron chi connectivity index (χ0n) is 13.7. The van der Waals surface area contributed by atoms with Gasteiger partial charge in [0.1, 0.15) is 5.82 Å². The standard InChI is InChI=1S/C19H23FN2O2/c20-15-2-1-3-16(7-15)22-17(23)11-21-18(24)19-8-12-4-13(9-19)6-14(5-12)10-19/h1-3,7,12-14H,4-6,8-11H2,(H,21,24)(H,22,23). The number of rotatable bonds is 4. The van der Waals surface area contributed by atoms with E-state index < -0.39 is 5.82 Å². The fourth-order valence-electron chi connectivity index (χ4n) is 5.51. The maximum atomic E-state index is 13.1. The highest BCUT2D eigenvalue weighted by Gasteiger charge is 2.54. The molecule has 0 saturated heterocycles. The van der Waals surface area contributed by atoms with Crippen LogP contribution in [0.25, 0.3) is 0 Å². The van der Waals surface area contributed by atoms with Gasteiger partial charge in [-0.15, -0.1) is 0 Å². The molecule has 1 aromatic carbocycles. The summed E-state index contributed by atoms with van der Waals surface area (Å²) in [5.41, 5.74) is 0.164. The number of carbonyl (C=O) groups excluding carboxylic acids is 2. The molecule has 4 aliphatic carbocycles. The maximum Gasteiger partial charge on any atom is 0.243 e. The molecular weight excluding hydrogens is 307 g/mol. The van der Waals surface area contributed by atoms with Gasteiger partial charge in [-0.05, 0) is 74.5 Å². The van der Waals surface area contributed by atoms with E-state index in [1.165, 1.54) is 31.4 Å². The van der Waals surface area contributed by atoms with Crippen LogP contribution in [-0.2, 0) is 9.59 Å². The second kappa shape index (κ2) is 5.87. The number of hydrogen-bond acceptors (Lipinski definition) is 2. The third-order valence-corrected chi connectivity index (χ3v) is 6.04. The van der Waals surface area contributed by atoms with Crippen LogP contribution in [0.2, 0.25) is 0 Å². The predicted octanol–water partition coefficient (Wildman–Crippen LogP) is 3.10. The Bertz CT molecular complexity index is 638. The molecule has 4 aliphatic rings. The Labute approximate surface area is 141 Å². The van der Waals surface area contributed by atoms with E-state index in [0.29, 0.717) is 23.4 Å². The van der Waals surface area contributed by atoms with Crippen molar-refractivity contribution in [1.29, 1.82) is 0 Å². The molecule has 4 nitrogen and oxygen atoms in total. The summed E-state index contributed by atoms with van der Waals surface area (Å²) in [7, 11) is 0. The Morgan fingerprint density at radius 1 is 1.08 bits per heavy atom. The normalized spacial score (nSPS) is 33.3. The van der Waals surface area contributed by atoms with Gasteiger partial charge in [0.25, 0.3) is 0 Å². The minimum atomic E-state index is -0.398. The monoisotopic (exact) mass is 330 g/mol. The Hall–Kier alpha value is -1.91. The molecule has 4 saturated carbocycles. The molecule has 0 heterocycles. The van der Waals surface area contributed by atoms with Crippen molar-refractivity contribution in [1.82, 2.24) is 5.32 Å². The van der Waals surface area contributed by atoms with E-state index in [9.17, 15) is 14.0 Å². The quantitative estimate of drug-likeness (QED) is 0.891. The fraction of sp³-hybridized carbons (Fsp3) is 0.579. The summed E-state index contributed by atoms with van der Waals surface area (Å²) in [6.07, 6.45) is 6.80. The van der Waals surface area contributed by atoms with Crippen molar-refractivity contribution < 1.29 is 14.0 Å². The van der Waals surface area contributed by atoms with Gasteiger partial charge in [-0.2, -0.15) is 0 Å². The Balaban J connectivity index is 1.34. The first-order valence-corrected chi connectivity index (χ1v) is 8.86. The van der Waals surface area contributed by atoms with Gasteiger partial charge in [0.05, 0.1) is 6.54 Å². The molecule has 4 bridgehead atoms. The fourth-order valence-corrected chi connectivity index (χ4v) is 5.51. The van der Waals surface area contributed by atoms with Crippen LogP contribution in [0.5, 0.6) is 0 Å². The van der Waals surface area contributed by atoms with Gasteiger partial charge in [0.2, 0.25) is 11.8 Å². The van der Waals surface area contributed by atoms with Crippen molar-refractivity contribution in [2.45, 2.75) is 38.5 Å². The first-order valence-electron chi connectivity index (χ1n) is 8.86. The molecule has 0 aliphatic heterocycles. The van der Waals surface area contributed by atoms with Crippen LogP contribution < -0.4 is 10.6 Å². The van der Waals surface area contributed by atoms with E-state index in [-0.39, 0.29) is 23.8 Å². The average Bonchev–Trinajstić information content (AvgIpc) is 2.51. The summed E-state index contributed by atoms with van der Waals surface area (Å²) >= 11 is 0. The van der Waals surface area contributed by atoms with Crippen LogP contribution in [-0.4, -0.2) is 18.4 Å². The van der Waals surface area contributed by atoms with Crippen LogP contribution in [0.15, 0.2) is 24.3 Å². The lowest BCUT2D eigenvalue weighted by atomic mass is 9.49. The molecule has 0 radical (unpaired) electrons. The molecular formula is C19H23FN2O2. The van der Waals surface area contributed by atoms with Crippen molar-refractivity contribution in [3.8, 4) is 0 Å². The molecule has 2 amide bonds. The predicted molar refractivity (Wildman–Crippen MR) is 88.6 cm³/mol. The minimum absolute atomic E-state index is 0.0380. The molecule has 24 heavy (non-hydrogen) atoms. The SMILES string of the molecule is O=C(CNC(=O)C12CC3CC(CC(C3)C1)C2)Nc1cccc(F)c1. The first kappa shape index (κ1) is 15.6. The zero-order valence-corrected chi connectivity index (χ0v) is 13.7. The third kappa shape index (κ3) is 2.92. The van der Waals surface area contributed by atoms with Gasteiger partial charge in [0, 0.05) is 11.1 Å². The molecule has 0 spiro atoms. The summed E-state index contributed by atoms with van der Waals surface area (Å²) < 4.78 is 13.1. The van der Waals surface area contributed by atoms with Crippen molar-refractivity contribution in [3.05, 3.63) is 30.1 Å². The van der Waals surface area contributed by atoms with Crippen molar-refractivity contribution >= 4 is 17.5 Å². The van der Waals surface area contributed by atoms with E-state index in [4.69, 9.17) is 0 Å². The largest absolute Gasteiger partial charge is 0.347 e. The van der Waals surface area contributed by atoms with Crippen LogP contribution >= 0.6 is 0 Å². The van der Waals surface area contributed by atoms with Crippen LogP contribution in [0.1, 0.15) is 38.5 Å². The highest BCUT2D eigenvalue weighted by molar-refractivity contribution is 5.95. The second-order valence-corrected chi connectivity index (χ2v) is 7.94. The van der Waals surface area contributed by atoms with E-state index >= 15 is 0 Å². The Kier molecular flexibility index (Phi) is 3.82. The minimum Gasteiger partial charge on any atom is -0.347 e. The molecule has 5 rings (SSSR count). The molecule has 5 heteroatoms. The highest BCUT2D eigenvalue weighted by atomic mass is 19.1. The molecule has 0 aromatic heterocycles. The zero-order chi connectivity index (χ0) is 16.7. The van der Waals surface area contributed by atoms with Gasteiger partial charge < -0.3 is 10.6 Å². The average molecular weight is 330 g/mol. The number of carbonyl (C=O) groups is 2. The van der Waals surface area contributed by atoms with Crippen molar-refractivity contribution in [2.24, 2.45) is 23.2 Å². The van der Waals surface area contributed by atoms with Gasteiger partial charge >= 0.3 is 0 Å². The van der Waals surface area contributed by atoms with Gasteiger partial charge in [-0.25, -0.2) is 4.39 Å². The van der Waals surface area contributed by atoms with E-state index in [2.05, 4.69) is 10.6 Å². The maximum absolute atomic E-state index is 13.1. The summed E-state index contributed by atoms with van der Waals surface area (Å²) in [4.78, 5) is 24.8. The van der Waals surface area contributed by atoms with E-state index in [1.54, 1.807) is 12.1 Å². The molecule has 0 atom stereocenters. The van der Waals surface area contributed by atoms with E-state index in [1.807, 2.05) is 0 Å². The lowest BCUT2D eigenvalue weighted by Crippen LogP contribution is -2.54. The highest BCUT2D eigenvalue weighted by Crippen LogP contribution is 2.60. The topological polar surface area (TPSA) is 58.2 Å².